The van der Waals surface area contributed by atoms with Gasteiger partial charge in [0.25, 0.3) is 5.91 Å². The molecular formula is C21H27ClN4O2. The number of hydrogen-bond donors (Lipinski definition) is 2. The van der Waals surface area contributed by atoms with Crippen LogP contribution in [0.3, 0.4) is 0 Å². The Morgan fingerprint density at radius 2 is 2.11 bits per heavy atom. The SMILES string of the molecule is CN(CCCO)C1CCN(c2ccc(C(=O)Nc3cccc(Cl)c3)cn2)CC1. The van der Waals surface area contributed by atoms with Crippen LogP contribution in [0, 0.1) is 0 Å². The summed E-state index contributed by atoms with van der Waals surface area (Å²) >= 11 is 5.95. The minimum atomic E-state index is -0.203. The van der Waals surface area contributed by atoms with E-state index in [1.54, 1.807) is 30.5 Å². The summed E-state index contributed by atoms with van der Waals surface area (Å²) in [6.45, 7) is 3.05. The molecule has 28 heavy (non-hydrogen) atoms. The van der Waals surface area contributed by atoms with E-state index in [2.05, 4.69) is 27.1 Å². The highest BCUT2D eigenvalue weighted by molar-refractivity contribution is 6.30. The summed E-state index contributed by atoms with van der Waals surface area (Å²) in [5, 5.41) is 12.4. The van der Waals surface area contributed by atoms with Crippen molar-refractivity contribution in [3.05, 3.63) is 53.2 Å². The van der Waals surface area contributed by atoms with Gasteiger partial charge in [0.05, 0.1) is 5.56 Å². The molecule has 1 saturated heterocycles. The predicted molar refractivity (Wildman–Crippen MR) is 113 cm³/mol. The fraction of sp³-hybridized carbons (Fsp3) is 0.429. The van der Waals surface area contributed by atoms with Gasteiger partial charge in [-0.05, 0) is 56.6 Å². The molecule has 1 fully saturated rings. The van der Waals surface area contributed by atoms with Gasteiger partial charge in [-0.1, -0.05) is 17.7 Å². The summed E-state index contributed by atoms with van der Waals surface area (Å²) in [7, 11) is 2.13. The van der Waals surface area contributed by atoms with E-state index in [1.807, 2.05) is 12.1 Å². The molecule has 0 aliphatic carbocycles. The van der Waals surface area contributed by atoms with Gasteiger partial charge >= 0.3 is 0 Å². The normalized spacial score (nSPS) is 15.1. The Kier molecular flexibility index (Phi) is 7.25. The summed E-state index contributed by atoms with van der Waals surface area (Å²) < 4.78 is 0. The number of hydrogen-bond acceptors (Lipinski definition) is 5. The Labute approximate surface area is 171 Å². The molecule has 7 heteroatoms. The first-order valence-electron chi connectivity index (χ1n) is 9.66. The van der Waals surface area contributed by atoms with E-state index in [9.17, 15) is 4.79 Å². The molecular weight excluding hydrogens is 376 g/mol. The van der Waals surface area contributed by atoms with Crippen molar-refractivity contribution in [3.63, 3.8) is 0 Å². The second-order valence-corrected chi connectivity index (χ2v) is 7.58. The highest BCUT2D eigenvalue weighted by Gasteiger charge is 2.23. The van der Waals surface area contributed by atoms with E-state index < -0.39 is 0 Å². The van der Waals surface area contributed by atoms with Crippen LogP contribution < -0.4 is 10.2 Å². The lowest BCUT2D eigenvalue weighted by atomic mass is 10.0. The molecule has 1 amide bonds. The van der Waals surface area contributed by atoms with Gasteiger partial charge in [0.1, 0.15) is 5.82 Å². The lowest BCUT2D eigenvalue weighted by molar-refractivity contribution is 0.102. The van der Waals surface area contributed by atoms with Crippen molar-refractivity contribution in [2.75, 3.05) is 43.5 Å². The quantitative estimate of drug-likeness (QED) is 0.743. The second-order valence-electron chi connectivity index (χ2n) is 7.15. The number of carbonyl (C=O) groups excluding carboxylic acids is 1. The van der Waals surface area contributed by atoms with Gasteiger partial charge in [-0.15, -0.1) is 0 Å². The molecule has 0 atom stereocenters. The van der Waals surface area contributed by atoms with Gasteiger partial charge in [0, 0.05) is 49.2 Å². The smallest absolute Gasteiger partial charge is 0.257 e. The molecule has 1 aromatic carbocycles. The number of piperidine rings is 1. The second kappa shape index (κ2) is 9.87. The number of amides is 1. The van der Waals surface area contributed by atoms with Crippen LogP contribution in [0.25, 0.3) is 0 Å². The van der Waals surface area contributed by atoms with E-state index in [4.69, 9.17) is 16.7 Å². The number of aromatic nitrogens is 1. The molecule has 150 valence electrons. The predicted octanol–water partition coefficient (Wildman–Crippen LogP) is 3.27. The number of carbonyl (C=O) groups is 1. The van der Waals surface area contributed by atoms with Crippen LogP contribution >= 0.6 is 11.6 Å². The van der Waals surface area contributed by atoms with E-state index in [0.717, 1.165) is 44.7 Å². The van der Waals surface area contributed by atoms with Gasteiger partial charge in [0.15, 0.2) is 0 Å². The fourth-order valence-corrected chi connectivity index (χ4v) is 3.71. The third-order valence-electron chi connectivity index (χ3n) is 5.17. The monoisotopic (exact) mass is 402 g/mol. The Bertz CT molecular complexity index is 776. The summed E-state index contributed by atoms with van der Waals surface area (Å²) in [5.74, 6) is 0.696. The Hall–Kier alpha value is -2.15. The fourth-order valence-electron chi connectivity index (χ4n) is 3.52. The molecule has 1 aliphatic rings. The molecule has 2 N–H and O–H groups in total. The first kappa shape index (κ1) is 20.6. The van der Waals surface area contributed by atoms with E-state index in [0.29, 0.717) is 22.3 Å². The first-order chi connectivity index (χ1) is 13.6. The van der Waals surface area contributed by atoms with Crippen LogP contribution in [0.4, 0.5) is 11.5 Å². The molecule has 0 unspecified atom stereocenters. The van der Waals surface area contributed by atoms with Crippen molar-refractivity contribution in [2.45, 2.75) is 25.3 Å². The largest absolute Gasteiger partial charge is 0.396 e. The Morgan fingerprint density at radius 3 is 2.75 bits per heavy atom. The van der Waals surface area contributed by atoms with Crippen molar-refractivity contribution in [1.29, 1.82) is 0 Å². The van der Waals surface area contributed by atoms with E-state index in [1.165, 1.54) is 0 Å². The number of aliphatic hydroxyl groups excluding tert-OH is 1. The van der Waals surface area contributed by atoms with Crippen molar-refractivity contribution >= 4 is 29.0 Å². The molecule has 2 heterocycles. The van der Waals surface area contributed by atoms with Crippen LogP contribution in [0.5, 0.6) is 0 Å². The highest BCUT2D eigenvalue weighted by atomic mass is 35.5. The van der Waals surface area contributed by atoms with Gasteiger partial charge in [-0.2, -0.15) is 0 Å². The van der Waals surface area contributed by atoms with Crippen LogP contribution in [0.2, 0.25) is 5.02 Å². The van der Waals surface area contributed by atoms with Crippen molar-refractivity contribution in [3.8, 4) is 0 Å². The average Bonchev–Trinajstić information content (AvgIpc) is 2.72. The molecule has 0 radical (unpaired) electrons. The number of anilines is 2. The number of halogens is 1. The van der Waals surface area contributed by atoms with Crippen LogP contribution in [0.1, 0.15) is 29.6 Å². The van der Waals surface area contributed by atoms with Gasteiger partial charge in [0.2, 0.25) is 0 Å². The molecule has 6 nitrogen and oxygen atoms in total. The molecule has 1 aromatic heterocycles. The van der Waals surface area contributed by atoms with Crippen LogP contribution in [0.15, 0.2) is 42.6 Å². The first-order valence-corrected chi connectivity index (χ1v) is 10.0. The topological polar surface area (TPSA) is 68.7 Å². The minimum absolute atomic E-state index is 0.203. The number of nitrogens with zero attached hydrogens (tertiary/aromatic N) is 3. The summed E-state index contributed by atoms with van der Waals surface area (Å²) in [4.78, 5) is 21.5. The lowest BCUT2D eigenvalue weighted by Gasteiger charge is -2.37. The maximum Gasteiger partial charge on any atom is 0.257 e. The molecule has 0 saturated carbocycles. The van der Waals surface area contributed by atoms with Crippen molar-refractivity contribution in [1.82, 2.24) is 9.88 Å². The zero-order chi connectivity index (χ0) is 19.9. The summed E-state index contributed by atoms with van der Waals surface area (Å²) in [6, 6.07) is 11.3. The summed E-state index contributed by atoms with van der Waals surface area (Å²) in [5.41, 5.74) is 1.18. The molecule has 0 bridgehead atoms. The molecule has 1 aliphatic heterocycles. The number of aliphatic hydroxyl groups is 1. The van der Waals surface area contributed by atoms with Crippen LogP contribution in [-0.2, 0) is 0 Å². The molecule has 3 rings (SSSR count). The number of benzene rings is 1. The number of pyridine rings is 1. The van der Waals surface area contributed by atoms with Gasteiger partial charge in [-0.3, -0.25) is 4.79 Å². The third kappa shape index (κ3) is 5.44. The average molecular weight is 403 g/mol. The Morgan fingerprint density at radius 1 is 1.32 bits per heavy atom. The standard InChI is InChI=1S/C21H27ClN4O2/c1-25(10-3-13-27)19-8-11-26(12-9-19)20-7-6-16(15-23-20)21(28)24-18-5-2-4-17(22)14-18/h2,4-7,14-15,19,27H,3,8-13H2,1H3,(H,24,28). The maximum atomic E-state index is 12.4. The zero-order valence-electron chi connectivity index (χ0n) is 16.1. The van der Waals surface area contributed by atoms with Crippen LogP contribution in [-0.4, -0.2) is 60.2 Å². The number of nitrogens with one attached hydrogen (secondary N) is 1. The Balaban J connectivity index is 1.54. The third-order valence-corrected chi connectivity index (χ3v) is 5.41. The van der Waals surface area contributed by atoms with Gasteiger partial charge < -0.3 is 20.2 Å². The lowest BCUT2D eigenvalue weighted by Crippen LogP contribution is -2.44. The molecule has 2 aromatic rings. The zero-order valence-corrected chi connectivity index (χ0v) is 16.9. The minimum Gasteiger partial charge on any atom is -0.396 e. The molecule has 0 spiro atoms. The van der Waals surface area contributed by atoms with E-state index in [-0.39, 0.29) is 12.5 Å². The van der Waals surface area contributed by atoms with E-state index >= 15 is 0 Å². The number of rotatable bonds is 7. The maximum absolute atomic E-state index is 12.4. The van der Waals surface area contributed by atoms with Crippen molar-refractivity contribution < 1.29 is 9.90 Å². The highest BCUT2D eigenvalue weighted by Crippen LogP contribution is 2.21. The summed E-state index contributed by atoms with van der Waals surface area (Å²) in [6.07, 6.45) is 4.58. The van der Waals surface area contributed by atoms with Gasteiger partial charge in [-0.25, -0.2) is 4.98 Å². The van der Waals surface area contributed by atoms with Crippen molar-refractivity contribution in [2.24, 2.45) is 0 Å².